The lowest BCUT2D eigenvalue weighted by Crippen LogP contribution is -2.32. The molecule has 136 valence electrons. The second-order valence-electron chi connectivity index (χ2n) is 6.48. The number of carbonyl (C=O) groups excluding carboxylic acids is 1. The Hall–Kier alpha value is -2.83. The molecule has 2 aromatic rings. The molecule has 4 rings (SSSR count). The Morgan fingerprint density at radius 3 is 2.46 bits per heavy atom. The van der Waals surface area contributed by atoms with Crippen LogP contribution in [0.5, 0.6) is 11.5 Å². The van der Waals surface area contributed by atoms with Crippen molar-refractivity contribution >= 4 is 17.4 Å². The van der Waals surface area contributed by atoms with Gasteiger partial charge in [0.05, 0.1) is 12.4 Å². The molecule has 0 aliphatic carbocycles. The maximum absolute atomic E-state index is 12.6. The van der Waals surface area contributed by atoms with Crippen LogP contribution in [0.15, 0.2) is 30.6 Å². The molecule has 1 amide bonds. The smallest absolute Gasteiger partial charge is 0.274 e. The molecule has 26 heavy (non-hydrogen) atoms. The number of aromatic nitrogens is 2. The lowest BCUT2D eigenvalue weighted by molar-refractivity contribution is 0.0755. The van der Waals surface area contributed by atoms with Crippen LogP contribution in [0.3, 0.4) is 0 Å². The lowest BCUT2D eigenvalue weighted by atomic mass is 10.2. The number of rotatable bonds is 3. The van der Waals surface area contributed by atoms with Gasteiger partial charge in [0.15, 0.2) is 11.5 Å². The van der Waals surface area contributed by atoms with Gasteiger partial charge in [-0.1, -0.05) is 12.8 Å². The van der Waals surface area contributed by atoms with Gasteiger partial charge < -0.3 is 19.7 Å². The zero-order valence-electron chi connectivity index (χ0n) is 14.6. The Bertz CT molecular complexity index is 771. The van der Waals surface area contributed by atoms with Crippen molar-refractivity contribution in [2.45, 2.75) is 25.7 Å². The standard InChI is InChI=1S/C19H22N4O3/c24-19(23-7-3-1-2-4-8-23)15-12-21-18(13-20-15)22-14-5-6-16-17(11-14)26-10-9-25-16/h5-6,11-13H,1-4,7-10H2,(H,21,22). The summed E-state index contributed by atoms with van der Waals surface area (Å²) in [4.78, 5) is 23.1. The van der Waals surface area contributed by atoms with Gasteiger partial charge in [0.2, 0.25) is 0 Å². The second kappa shape index (κ2) is 7.59. The number of hydrogen-bond acceptors (Lipinski definition) is 6. The number of ether oxygens (including phenoxy) is 2. The van der Waals surface area contributed by atoms with Crippen molar-refractivity contribution in [1.29, 1.82) is 0 Å². The molecule has 1 aromatic heterocycles. The molecule has 2 aliphatic heterocycles. The summed E-state index contributed by atoms with van der Waals surface area (Å²) in [6.45, 7) is 2.72. The monoisotopic (exact) mass is 354 g/mol. The minimum atomic E-state index is -0.0368. The number of likely N-dealkylation sites (tertiary alicyclic amines) is 1. The number of amides is 1. The van der Waals surface area contributed by atoms with Gasteiger partial charge in [-0.3, -0.25) is 4.79 Å². The highest BCUT2D eigenvalue weighted by Crippen LogP contribution is 2.33. The third-order valence-electron chi connectivity index (χ3n) is 4.58. The van der Waals surface area contributed by atoms with E-state index in [4.69, 9.17) is 9.47 Å². The Morgan fingerprint density at radius 2 is 1.73 bits per heavy atom. The quantitative estimate of drug-likeness (QED) is 0.913. The SMILES string of the molecule is O=C(c1cnc(Nc2ccc3c(c2)OCCO3)cn1)N1CCCCCC1. The molecule has 0 saturated carbocycles. The number of benzene rings is 1. The largest absolute Gasteiger partial charge is 0.486 e. The fraction of sp³-hybridized carbons (Fsp3) is 0.421. The maximum atomic E-state index is 12.6. The molecule has 0 atom stereocenters. The summed E-state index contributed by atoms with van der Waals surface area (Å²) in [5.74, 6) is 1.99. The third-order valence-corrected chi connectivity index (χ3v) is 4.58. The van der Waals surface area contributed by atoms with Gasteiger partial charge in [0.1, 0.15) is 24.7 Å². The van der Waals surface area contributed by atoms with E-state index in [1.54, 1.807) is 6.20 Å². The highest BCUT2D eigenvalue weighted by molar-refractivity contribution is 5.92. The zero-order chi connectivity index (χ0) is 17.8. The average Bonchev–Trinajstić information content (AvgIpc) is 2.97. The van der Waals surface area contributed by atoms with Gasteiger partial charge in [0, 0.05) is 24.8 Å². The predicted molar refractivity (Wildman–Crippen MR) is 97.1 cm³/mol. The first-order valence-corrected chi connectivity index (χ1v) is 9.07. The number of nitrogens with one attached hydrogen (secondary N) is 1. The van der Waals surface area contributed by atoms with Crippen LogP contribution in [-0.2, 0) is 0 Å². The van der Waals surface area contributed by atoms with Gasteiger partial charge in [0.25, 0.3) is 5.91 Å². The van der Waals surface area contributed by atoms with Crippen LogP contribution in [0.1, 0.15) is 36.2 Å². The van der Waals surface area contributed by atoms with Crippen LogP contribution in [0, 0.1) is 0 Å². The van der Waals surface area contributed by atoms with Crippen molar-refractivity contribution in [3.63, 3.8) is 0 Å². The fourth-order valence-corrected chi connectivity index (χ4v) is 3.21. The molecule has 7 nitrogen and oxygen atoms in total. The molecule has 1 aromatic carbocycles. The molecule has 0 bridgehead atoms. The van der Waals surface area contributed by atoms with Crippen LogP contribution in [-0.4, -0.2) is 47.1 Å². The summed E-state index contributed by atoms with van der Waals surface area (Å²) in [6, 6.07) is 5.62. The lowest BCUT2D eigenvalue weighted by Gasteiger charge is -2.20. The molecule has 7 heteroatoms. The number of carbonyl (C=O) groups is 1. The van der Waals surface area contributed by atoms with E-state index in [0.717, 1.165) is 37.4 Å². The second-order valence-corrected chi connectivity index (χ2v) is 6.48. The highest BCUT2D eigenvalue weighted by atomic mass is 16.6. The summed E-state index contributed by atoms with van der Waals surface area (Å²) in [5.41, 5.74) is 1.22. The van der Waals surface area contributed by atoms with Crippen molar-refractivity contribution in [3.05, 3.63) is 36.3 Å². The minimum Gasteiger partial charge on any atom is -0.486 e. The van der Waals surface area contributed by atoms with Gasteiger partial charge >= 0.3 is 0 Å². The van der Waals surface area contributed by atoms with E-state index in [9.17, 15) is 4.79 Å². The summed E-state index contributed by atoms with van der Waals surface area (Å²) in [6.07, 6.45) is 7.61. The molecule has 1 fully saturated rings. The Morgan fingerprint density at radius 1 is 0.962 bits per heavy atom. The fourth-order valence-electron chi connectivity index (χ4n) is 3.21. The molecule has 0 spiro atoms. The summed E-state index contributed by atoms with van der Waals surface area (Å²) < 4.78 is 11.1. The van der Waals surface area contributed by atoms with Gasteiger partial charge in [-0.2, -0.15) is 0 Å². The number of hydrogen-bond donors (Lipinski definition) is 1. The topological polar surface area (TPSA) is 76.6 Å². The molecular formula is C19H22N4O3. The highest BCUT2D eigenvalue weighted by Gasteiger charge is 2.19. The molecule has 0 unspecified atom stereocenters. The third kappa shape index (κ3) is 3.71. The van der Waals surface area contributed by atoms with E-state index in [-0.39, 0.29) is 5.91 Å². The van der Waals surface area contributed by atoms with E-state index >= 15 is 0 Å². The van der Waals surface area contributed by atoms with Crippen molar-refractivity contribution in [2.24, 2.45) is 0 Å². The van der Waals surface area contributed by atoms with E-state index in [1.165, 1.54) is 19.0 Å². The Kier molecular flexibility index (Phi) is 4.86. The molecule has 1 N–H and O–H groups in total. The van der Waals surface area contributed by atoms with Crippen LogP contribution in [0.4, 0.5) is 11.5 Å². The summed E-state index contributed by atoms with van der Waals surface area (Å²) >= 11 is 0. The van der Waals surface area contributed by atoms with Crippen molar-refractivity contribution in [2.75, 3.05) is 31.6 Å². The zero-order valence-corrected chi connectivity index (χ0v) is 14.6. The summed E-state index contributed by atoms with van der Waals surface area (Å²) in [7, 11) is 0. The first kappa shape index (κ1) is 16.6. The first-order chi connectivity index (χ1) is 12.8. The summed E-state index contributed by atoms with van der Waals surface area (Å²) in [5, 5.41) is 3.18. The number of anilines is 2. The molecule has 1 saturated heterocycles. The van der Waals surface area contributed by atoms with Crippen molar-refractivity contribution < 1.29 is 14.3 Å². The van der Waals surface area contributed by atoms with Crippen LogP contribution in [0.2, 0.25) is 0 Å². The minimum absolute atomic E-state index is 0.0368. The van der Waals surface area contributed by atoms with Crippen LogP contribution >= 0.6 is 0 Å². The maximum Gasteiger partial charge on any atom is 0.274 e. The molecule has 2 aliphatic rings. The molecule has 3 heterocycles. The Balaban J connectivity index is 1.43. The van der Waals surface area contributed by atoms with Crippen LogP contribution < -0.4 is 14.8 Å². The van der Waals surface area contributed by atoms with Crippen molar-refractivity contribution in [3.8, 4) is 11.5 Å². The van der Waals surface area contributed by atoms with Crippen molar-refractivity contribution in [1.82, 2.24) is 14.9 Å². The number of nitrogens with zero attached hydrogens (tertiary/aromatic N) is 3. The molecule has 0 radical (unpaired) electrons. The van der Waals surface area contributed by atoms with E-state index < -0.39 is 0 Å². The average molecular weight is 354 g/mol. The Labute approximate surface area is 152 Å². The van der Waals surface area contributed by atoms with Gasteiger partial charge in [-0.05, 0) is 25.0 Å². The van der Waals surface area contributed by atoms with Crippen LogP contribution in [0.25, 0.3) is 0 Å². The van der Waals surface area contributed by atoms with Gasteiger partial charge in [-0.25, -0.2) is 9.97 Å². The van der Waals surface area contributed by atoms with E-state index in [2.05, 4.69) is 15.3 Å². The first-order valence-electron chi connectivity index (χ1n) is 9.07. The van der Waals surface area contributed by atoms with Gasteiger partial charge in [-0.15, -0.1) is 0 Å². The van der Waals surface area contributed by atoms with E-state index in [0.29, 0.717) is 30.5 Å². The number of fused-ring (bicyclic) bond motifs is 1. The predicted octanol–water partition coefficient (Wildman–Crippen LogP) is 3.01. The normalized spacial score (nSPS) is 16.7. The van der Waals surface area contributed by atoms with E-state index in [1.807, 2.05) is 23.1 Å². The molecular weight excluding hydrogens is 332 g/mol.